The average molecular weight is 228 g/mol. The van der Waals surface area contributed by atoms with E-state index in [-0.39, 0.29) is 0 Å². The number of ether oxygens (including phenoxy) is 1. The summed E-state index contributed by atoms with van der Waals surface area (Å²) in [4.78, 5) is 15.5. The molecular weight excluding hydrogens is 208 g/mol. The third-order valence-corrected chi connectivity index (χ3v) is 3.43. The number of morpholine rings is 1. The van der Waals surface area contributed by atoms with Crippen LogP contribution in [0.4, 0.5) is 0 Å². The van der Waals surface area contributed by atoms with Crippen LogP contribution < -0.4 is 0 Å². The van der Waals surface area contributed by atoms with E-state index in [0.717, 1.165) is 19.6 Å². The molecule has 2 heterocycles. The van der Waals surface area contributed by atoms with E-state index in [1.807, 2.05) is 4.90 Å². The summed E-state index contributed by atoms with van der Waals surface area (Å²) >= 11 is 0. The van der Waals surface area contributed by atoms with E-state index in [4.69, 9.17) is 9.84 Å². The standard InChI is InChI=1S/C11H20N2O3/c14-11(15)10-9-16-8-7-13(10)6-5-12-3-1-2-4-12/h10H,1-9H2,(H,14,15). The second-order valence-corrected chi connectivity index (χ2v) is 4.51. The fourth-order valence-corrected chi connectivity index (χ4v) is 2.41. The lowest BCUT2D eigenvalue weighted by molar-refractivity contribution is -0.149. The van der Waals surface area contributed by atoms with Gasteiger partial charge in [0.25, 0.3) is 0 Å². The van der Waals surface area contributed by atoms with E-state index in [1.54, 1.807) is 0 Å². The van der Waals surface area contributed by atoms with Crippen LogP contribution in [-0.2, 0) is 9.53 Å². The van der Waals surface area contributed by atoms with Crippen LogP contribution in [0.15, 0.2) is 0 Å². The number of hydrogen-bond donors (Lipinski definition) is 1. The Morgan fingerprint density at radius 2 is 2.00 bits per heavy atom. The van der Waals surface area contributed by atoms with E-state index in [9.17, 15) is 4.79 Å². The number of carbonyl (C=O) groups is 1. The number of rotatable bonds is 4. The lowest BCUT2D eigenvalue weighted by Crippen LogP contribution is -2.51. The number of aliphatic carboxylic acids is 1. The molecule has 92 valence electrons. The monoisotopic (exact) mass is 228 g/mol. The minimum atomic E-state index is -0.763. The van der Waals surface area contributed by atoms with Crippen molar-refractivity contribution in [2.24, 2.45) is 0 Å². The molecule has 1 N–H and O–H groups in total. The molecule has 0 amide bonds. The SMILES string of the molecule is O=C(O)C1COCCN1CCN1CCCC1. The van der Waals surface area contributed by atoms with E-state index in [1.165, 1.54) is 25.9 Å². The number of hydrogen-bond acceptors (Lipinski definition) is 4. The van der Waals surface area contributed by atoms with Gasteiger partial charge in [0.1, 0.15) is 6.04 Å². The first kappa shape index (κ1) is 11.8. The molecule has 0 aromatic heterocycles. The van der Waals surface area contributed by atoms with Crippen molar-refractivity contribution in [3.05, 3.63) is 0 Å². The largest absolute Gasteiger partial charge is 0.480 e. The first-order valence-electron chi connectivity index (χ1n) is 6.04. The van der Waals surface area contributed by atoms with Gasteiger partial charge in [0, 0.05) is 19.6 Å². The van der Waals surface area contributed by atoms with Crippen molar-refractivity contribution in [2.45, 2.75) is 18.9 Å². The van der Waals surface area contributed by atoms with Crippen molar-refractivity contribution in [1.29, 1.82) is 0 Å². The van der Waals surface area contributed by atoms with Gasteiger partial charge in [0.05, 0.1) is 13.2 Å². The van der Waals surface area contributed by atoms with Gasteiger partial charge in [0.2, 0.25) is 0 Å². The van der Waals surface area contributed by atoms with E-state index < -0.39 is 12.0 Å². The molecule has 2 fully saturated rings. The molecule has 0 radical (unpaired) electrons. The van der Waals surface area contributed by atoms with Crippen molar-refractivity contribution < 1.29 is 14.6 Å². The van der Waals surface area contributed by atoms with E-state index in [0.29, 0.717) is 13.2 Å². The van der Waals surface area contributed by atoms with Crippen LogP contribution in [0.2, 0.25) is 0 Å². The second-order valence-electron chi connectivity index (χ2n) is 4.51. The molecule has 5 heteroatoms. The molecule has 16 heavy (non-hydrogen) atoms. The minimum absolute atomic E-state index is 0.329. The average Bonchev–Trinajstić information content (AvgIpc) is 2.79. The summed E-state index contributed by atoms with van der Waals surface area (Å²) in [5.74, 6) is -0.763. The Kier molecular flexibility index (Phi) is 4.15. The molecule has 1 atom stereocenters. The Bertz CT molecular complexity index is 241. The van der Waals surface area contributed by atoms with Crippen molar-refractivity contribution in [1.82, 2.24) is 9.80 Å². The van der Waals surface area contributed by atoms with Crippen LogP contribution in [0.5, 0.6) is 0 Å². The molecule has 0 saturated carbocycles. The maximum Gasteiger partial charge on any atom is 0.323 e. The summed E-state index contributed by atoms with van der Waals surface area (Å²) in [7, 11) is 0. The normalized spacial score (nSPS) is 28.4. The Morgan fingerprint density at radius 3 is 2.69 bits per heavy atom. The highest BCUT2D eigenvalue weighted by Gasteiger charge is 2.29. The third-order valence-electron chi connectivity index (χ3n) is 3.43. The first-order valence-corrected chi connectivity index (χ1v) is 6.04. The summed E-state index contributed by atoms with van der Waals surface area (Å²) in [6.07, 6.45) is 2.57. The van der Waals surface area contributed by atoms with Gasteiger partial charge in [0.15, 0.2) is 0 Å². The van der Waals surface area contributed by atoms with Crippen LogP contribution >= 0.6 is 0 Å². The summed E-state index contributed by atoms with van der Waals surface area (Å²) in [6.45, 7) is 5.90. The maximum atomic E-state index is 11.0. The van der Waals surface area contributed by atoms with Crippen LogP contribution in [-0.4, -0.2) is 72.9 Å². The van der Waals surface area contributed by atoms with Gasteiger partial charge < -0.3 is 14.7 Å². The van der Waals surface area contributed by atoms with Gasteiger partial charge in [-0.2, -0.15) is 0 Å². The predicted octanol–water partition coefficient (Wildman–Crippen LogP) is -0.132. The molecular formula is C11H20N2O3. The van der Waals surface area contributed by atoms with Gasteiger partial charge in [-0.15, -0.1) is 0 Å². The zero-order chi connectivity index (χ0) is 11.4. The van der Waals surface area contributed by atoms with Crippen molar-refractivity contribution in [3.63, 3.8) is 0 Å². The Hall–Kier alpha value is -0.650. The van der Waals surface area contributed by atoms with Gasteiger partial charge in [-0.1, -0.05) is 0 Å². The number of nitrogens with zero attached hydrogens (tertiary/aromatic N) is 2. The van der Waals surface area contributed by atoms with Crippen molar-refractivity contribution >= 4 is 5.97 Å². The topological polar surface area (TPSA) is 53.0 Å². The van der Waals surface area contributed by atoms with Crippen LogP contribution in [0.1, 0.15) is 12.8 Å². The molecule has 2 saturated heterocycles. The lowest BCUT2D eigenvalue weighted by Gasteiger charge is -2.33. The zero-order valence-corrected chi connectivity index (χ0v) is 9.60. The molecule has 0 aliphatic carbocycles. The van der Waals surface area contributed by atoms with Crippen LogP contribution in [0, 0.1) is 0 Å². The van der Waals surface area contributed by atoms with Crippen LogP contribution in [0.25, 0.3) is 0 Å². The smallest absolute Gasteiger partial charge is 0.323 e. The summed E-state index contributed by atoms with van der Waals surface area (Å²) in [5.41, 5.74) is 0. The fourth-order valence-electron chi connectivity index (χ4n) is 2.41. The van der Waals surface area contributed by atoms with Gasteiger partial charge in [-0.3, -0.25) is 9.69 Å². The fraction of sp³-hybridized carbons (Fsp3) is 0.909. The van der Waals surface area contributed by atoms with Gasteiger partial charge >= 0.3 is 5.97 Å². The molecule has 1 unspecified atom stereocenters. The Balaban J connectivity index is 1.78. The molecule has 5 nitrogen and oxygen atoms in total. The Labute approximate surface area is 96.0 Å². The molecule has 0 spiro atoms. The quantitative estimate of drug-likeness (QED) is 0.726. The number of likely N-dealkylation sites (tertiary alicyclic amines) is 1. The Morgan fingerprint density at radius 1 is 1.25 bits per heavy atom. The zero-order valence-electron chi connectivity index (χ0n) is 9.60. The molecule has 0 aromatic carbocycles. The number of carboxylic acids is 1. The third kappa shape index (κ3) is 2.93. The lowest BCUT2D eigenvalue weighted by atomic mass is 10.2. The minimum Gasteiger partial charge on any atom is -0.480 e. The molecule has 0 bridgehead atoms. The van der Waals surface area contributed by atoms with Gasteiger partial charge in [-0.05, 0) is 25.9 Å². The van der Waals surface area contributed by atoms with Crippen LogP contribution in [0.3, 0.4) is 0 Å². The number of carboxylic acid groups (broad SMARTS) is 1. The van der Waals surface area contributed by atoms with Crippen molar-refractivity contribution in [2.75, 3.05) is 45.9 Å². The predicted molar refractivity (Wildman–Crippen MR) is 59.5 cm³/mol. The van der Waals surface area contributed by atoms with E-state index >= 15 is 0 Å². The first-order chi connectivity index (χ1) is 7.77. The summed E-state index contributed by atoms with van der Waals surface area (Å²) in [5, 5.41) is 9.07. The molecule has 2 rings (SSSR count). The summed E-state index contributed by atoms with van der Waals surface area (Å²) < 4.78 is 5.21. The maximum absolute atomic E-state index is 11.0. The molecule has 0 aromatic rings. The van der Waals surface area contributed by atoms with E-state index in [2.05, 4.69) is 4.90 Å². The highest BCUT2D eigenvalue weighted by molar-refractivity contribution is 5.73. The highest BCUT2D eigenvalue weighted by atomic mass is 16.5. The highest BCUT2D eigenvalue weighted by Crippen LogP contribution is 2.10. The van der Waals surface area contributed by atoms with Gasteiger partial charge in [-0.25, -0.2) is 0 Å². The molecule has 2 aliphatic heterocycles. The summed E-state index contributed by atoms with van der Waals surface area (Å²) in [6, 6.07) is -0.448. The van der Waals surface area contributed by atoms with Crippen molar-refractivity contribution in [3.8, 4) is 0 Å². The second kappa shape index (κ2) is 5.61. The molecule has 2 aliphatic rings.